The van der Waals surface area contributed by atoms with Crippen molar-refractivity contribution in [3.8, 4) is 5.75 Å². The van der Waals surface area contributed by atoms with Crippen LogP contribution in [-0.2, 0) is 6.42 Å². The summed E-state index contributed by atoms with van der Waals surface area (Å²) in [4.78, 5) is 30.4. The van der Waals surface area contributed by atoms with Crippen LogP contribution >= 0.6 is 0 Å². The zero-order valence-electron chi connectivity index (χ0n) is 12.8. The van der Waals surface area contributed by atoms with Gasteiger partial charge in [-0.3, -0.25) is 14.6 Å². The summed E-state index contributed by atoms with van der Waals surface area (Å²) in [5, 5.41) is 12.5. The SMILES string of the molecule is CNC(=O)c1c(O)c2ncc(Cc3ccc(F)cc3)cc2[nH]c1=O. The van der Waals surface area contributed by atoms with E-state index in [2.05, 4.69) is 15.3 Å². The third-order valence-corrected chi connectivity index (χ3v) is 3.66. The Morgan fingerprint density at radius 3 is 2.67 bits per heavy atom. The number of H-pyrrole nitrogens is 1. The zero-order chi connectivity index (χ0) is 17.3. The van der Waals surface area contributed by atoms with E-state index in [1.807, 2.05) is 0 Å². The molecule has 0 fully saturated rings. The second kappa shape index (κ2) is 6.11. The number of nitrogens with zero attached hydrogens (tertiary/aromatic N) is 1. The van der Waals surface area contributed by atoms with Crippen LogP contribution in [-0.4, -0.2) is 28.0 Å². The van der Waals surface area contributed by atoms with Crippen molar-refractivity contribution in [3.63, 3.8) is 0 Å². The van der Waals surface area contributed by atoms with Crippen molar-refractivity contribution in [3.05, 3.63) is 69.4 Å². The van der Waals surface area contributed by atoms with Crippen molar-refractivity contribution < 1.29 is 14.3 Å². The van der Waals surface area contributed by atoms with Crippen LogP contribution in [0.25, 0.3) is 11.0 Å². The summed E-state index contributed by atoms with van der Waals surface area (Å²) in [7, 11) is 1.37. The topological polar surface area (TPSA) is 95.1 Å². The molecule has 2 aromatic heterocycles. The van der Waals surface area contributed by atoms with Crippen LogP contribution in [0.15, 0.2) is 41.3 Å². The van der Waals surface area contributed by atoms with E-state index in [1.165, 1.54) is 25.4 Å². The molecule has 0 unspecified atom stereocenters. The largest absolute Gasteiger partial charge is 0.505 e. The molecule has 1 aromatic carbocycles. The van der Waals surface area contributed by atoms with Gasteiger partial charge >= 0.3 is 0 Å². The number of aromatic nitrogens is 2. The van der Waals surface area contributed by atoms with Crippen molar-refractivity contribution in [2.45, 2.75) is 6.42 Å². The third-order valence-electron chi connectivity index (χ3n) is 3.66. The number of nitrogens with one attached hydrogen (secondary N) is 2. The smallest absolute Gasteiger partial charge is 0.265 e. The summed E-state index contributed by atoms with van der Waals surface area (Å²) in [6.07, 6.45) is 2.03. The fraction of sp³-hybridized carbons (Fsp3) is 0.118. The number of benzene rings is 1. The molecule has 0 saturated carbocycles. The van der Waals surface area contributed by atoms with E-state index in [0.29, 0.717) is 11.9 Å². The lowest BCUT2D eigenvalue weighted by Gasteiger charge is -2.08. The van der Waals surface area contributed by atoms with Crippen LogP contribution in [0.3, 0.4) is 0 Å². The van der Waals surface area contributed by atoms with Gasteiger partial charge in [-0.05, 0) is 35.7 Å². The maximum absolute atomic E-state index is 12.9. The normalized spacial score (nSPS) is 10.8. The van der Waals surface area contributed by atoms with Crippen LogP contribution in [0, 0.1) is 5.82 Å². The van der Waals surface area contributed by atoms with Gasteiger partial charge in [0.1, 0.15) is 16.9 Å². The van der Waals surface area contributed by atoms with Gasteiger partial charge in [0, 0.05) is 13.2 Å². The number of fused-ring (bicyclic) bond motifs is 1. The molecule has 6 nitrogen and oxygen atoms in total. The Morgan fingerprint density at radius 2 is 2.00 bits per heavy atom. The van der Waals surface area contributed by atoms with E-state index >= 15 is 0 Å². The van der Waals surface area contributed by atoms with Crippen LogP contribution < -0.4 is 10.9 Å². The summed E-state index contributed by atoms with van der Waals surface area (Å²) in [5.74, 6) is -1.46. The quantitative estimate of drug-likeness (QED) is 0.682. The molecule has 1 amide bonds. The number of hydrogen-bond donors (Lipinski definition) is 3. The minimum Gasteiger partial charge on any atom is -0.505 e. The highest BCUT2D eigenvalue weighted by Gasteiger charge is 2.19. The van der Waals surface area contributed by atoms with Crippen molar-refractivity contribution in [1.82, 2.24) is 15.3 Å². The third kappa shape index (κ3) is 2.83. The first-order valence-corrected chi connectivity index (χ1v) is 7.20. The molecule has 0 aliphatic rings. The van der Waals surface area contributed by atoms with Crippen molar-refractivity contribution in [1.29, 1.82) is 0 Å². The predicted molar refractivity (Wildman–Crippen MR) is 86.6 cm³/mol. The number of pyridine rings is 2. The number of carbonyl (C=O) groups excluding carboxylic acids is 1. The van der Waals surface area contributed by atoms with E-state index in [0.717, 1.165) is 11.1 Å². The molecule has 0 radical (unpaired) electrons. The van der Waals surface area contributed by atoms with Crippen molar-refractivity contribution >= 4 is 16.9 Å². The first-order chi connectivity index (χ1) is 11.5. The number of rotatable bonds is 3. The summed E-state index contributed by atoms with van der Waals surface area (Å²) in [5.41, 5.74) is 1.05. The van der Waals surface area contributed by atoms with Gasteiger partial charge in [0.05, 0.1) is 5.52 Å². The highest BCUT2D eigenvalue weighted by molar-refractivity contribution is 6.00. The van der Waals surface area contributed by atoms with E-state index in [4.69, 9.17) is 0 Å². The first kappa shape index (κ1) is 15.7. The summed E-state index contributed by atoms with van der Waals surface area (Å²) in [6.45, 7) is 0. The van der Waals surface area contributed by atoms with E-state index in [1.54, 1.807) is 18.2 Å². The van der Waals surface area contributed by atoms with Crippen LogP contribution in [0.2, 0.25) is 0 Å². The standard InChI is InChI=1S/C17H14FN3O3/c1-19-16(23)13-15(22)14-12(21-17(13)24)7-10(8-20-14)6-9-2-4-11(18)5-3-9/h2-5,7-8H,6H2,1H3,(H,19,23)(H2,21,22,24). The van der Waals surface area contributed by atoms with Gasteiger partial charge in [0.15, 0.2) is 5.75 Å². The second-order valence-corrected chi connectivity index (χ2v) is 5.30. The molecular formula is C17H14FN3O3. The molecule has 0 bridgehead atoms. The molecule has 0 saturated heterocycles. The van der Waals surface area contributed by atoms with Crippen LogP contribution in [0.1, 0.15) is 21.5 Å². The van der Waals surface area contributed by atoms with E-state index in [-0.39, 0.29) is 16.9 Å². The summed E-state index contributed by atoms with van der Waals surface area (Å²) < 4.78 is 12.9. The van der Waals surface area contributed by atoms with Gasteiger partial charge in [0.2, 0.25) is 0 Å². The number of aromatic hydroxyl groups is 1. The molecule has 3 N–H and O–H groups in total. The average Bonchev–Trinajstić information content (AvgIpc) is 2.56. The molecule has 0 atom stereocenters. The zero-order valence-corrected chi connectivity index (χ0v) is 12.8. The highest BCUT2D eigenvalue weighted by Crippen LogP contribution is 2.24. The second-order valence-electron chi connectivity index (χ2n) is 5.30. The molecule has 24 heavy (non-hydrogen) atoms. The van der Waals surface area contributed by atoms with Gasteiger partial charge in [-0.1, -0.05) is 12.1 Å². The minimum atomic E-state index is -0.694. The molecular weight excluding hydrogens is 313 g/mol. The average molecular weight is 327 g/mol. The maximum Gasteiger partial charge on any atom is 0.265 e. The summed E-state index contributed by atoms with van der Waals surface area (Å²) in [6, 6.07) is 7.73. The lowest BCUT2D eigenvalue weighted by Crippen LogP contribution is -2.27. The minimum absolute atomic E-state index is 0.135. The molecule has 0 aliphatic heterocycles. The lowest BCUT2D eigenvalue weighted by molar-refractivity contribution is 0.0959. The highest BCUT2D eigenvalue weighted by atomic mass is 19.1. The van der Waals surface area contributed by atoms with Gasteiger partial charge in [-0.2, -0.15) is 0 Å². The van der Waals surface area contributed by atoms with E-state index < -0.39 is 17.2 Å². The number of halogens is 1. The molecule has 0 aliphatic carbocycles. The molecule has 3 rings (SSSR count). The molecule has 2 heterocycles. The van der Waals surface area contributed by atoms with Crippen LogP contribution in [0.5, 0.6) is 5.75 Å². The van der Waals surface area contributed by atoms with Crippen LogP contribution in [0.4, 0.5) is 4.39 Å². The predicted octanol–water partition coefficient (Wildman–Crippen LogP) is 1.72. The van der Waals surface area contributed by atoms with Gasteiger partial charge in [-0.15, -0.1) is 0 Å². The van der Waals surface area contributed by atoms with Crippen molar-refractivity contribution in [2.24, 2.45) is 0 Å². The fourth-order valence-electron chi connectivity index (χ4n) is 2.47. The Balaban J connectivity index is 2.04. The van der Waals surface area contributed by atoms with Gasteiger partial charge in [0.25, 0.3) is 11.5 Å². The Bertz CT molecular complexity index is 981. The Kier molecular flexibility index (Phi) is 3.99. The molecule has 3 aromatic rings. The number of hydrogen-bond acceptors (Lipinski definition) is 4. The molecule has 7 heteroatoms. The Labute approximate surface area is 136 Å². The fourth-order valence-corrected chi connectivity index (χ4v) is 2.47. The summed E-state index contributed by atoms with van der Waals surface area (Å²) >= 11 is 0. The maximum atomic E-state index is 12.9. The molecule has 122 valence electrons. The monoisotopic (exact) mass is 327 g/mol. The Hall–Kier alpha value is -3.22. The van der Waals surface area contributed by atoms with Gasteiger partial charge in [-0.25, -0.2) is 4.39 Å². The van der Waals surface area contributed by atoms with E-state index in [9.17, 15) is 19.1 Å². The van der Waals surface area contributed by atoms with Crippen molar-refractivity contribution in [2.75, 3.05) is 7.05 Å². The number of amides is 1. The lowest BCUT2D eigenvalue weighted by atomic mass is 10.1. The first-order valence-electron chi connectivity index (χ1n) is 7.20. The molecule has 0 spiro atoms. The number of carbonyl (C=O) groups is 1. The Morgan fingerprint density at radius 1 is 1.29 bits per heavy atom. The van der Waals surface area contributed by atoms with Gasteiger partial charge < -0.3 is 15.4 Å². The number of aromatic amines is 1.